The van der Waals surface area contributed by atoms with E-state index in [1.807, 2.05) is 42.5 Å². The van der Waals surface area contributed by atoms with Gasteiger partial charge in [0.05, 0.1) is 5.56 Å². The molecule has 6 heteroatoms. The Hall–Kier alpha value is -3.80. The Bertz CT molecular complexity index is 1160. The maximum atomic E-state index is 13.2. The Morgan fingerprint density at radius 2 is 1.62 bits per heavy atom. The Labute approximate surface area is 220 Å². The van der Waals surface area contributed by atoms with Crippen molar-refractivity contribution in [2.75, 3.05) is 36.5 Å². The van der Waals surface area contributed by atoms with Crippen LogP contribution in [-0.4, -0.2) is 38.1 Å². The molecule has 0 atom stereocenters. The number of carbonyl (C=O) groups is 2. The van der Waals surface area contributed by atoms with Crippen molar-refractivity contribution in [2.24, 2.45) is 11.8 Å². The Kier molecular flexibility index (Phi) is 9.19. The van der Waals surface area contributed by atoms with Crippen LogP contribution in [0.5, 0.6) is 5.75 Å². The zero-order valence-corrected chi connectivity index (χ0v) is 21.8. The van der Waals surface area contributed by atoms with Crippen LogP contribution in [-0.2, 0) is 11.2 Å². The first kappa shape index (κ1) is 26.3. The van der Waals surface area contributed by atoms with Gasteiger partial charge in [-0.2, -0.15) is 0 Å². The summed E-state index contributed by atoms with van der Waals surface area (Å²) in [6, 6.07) is 25.5. The van der Waals surface area contributed by atoms with Gasteiger partial charge < -0.3 is 20.3 Å². The van der Waals surface area contributed by atoms with Crippen LogP contribution in [0.25, 0.3) is 0 Å². The molecular weight excluding hydrogens is 462 g/mol. The molecule has 37 heavy (non-hydrogen) atoms. The molecule has 2 N–H and O–H groups in total. The molecular formula is C31H37N3O3. The van der Waals surface area contributed by atoms with Crippen molar-refractivity contribution >= 4 is 23.2 Å². The number of piperidine rings is 1. The molecule has 0 bridgehead atoms. The summed E-state index contributed by atoms with van der Waals surface area (Å²) in [6.45, 7) is 6.44. The third-order valence-electron chi connectivity index (χ3n) is 6.63. The molecule has 6 nitrogen and oxygen atoms in total. The summed E-state index contributed by atoms with van der Waals surface area (Å²) in [5.74, 6) is 1.23. The van der Waals surface area contributed by atoms with E-state index in [2.05, 4.69) is 59.7 Å². The number of rotatable bonds is 10. The molecule has 1 heterocycles. The lowest BCUT2D eigenvalue weighted by atomic mass is 9.89. The van der Waals surface area contributed by atoms with Crippen LogP contribution >= 0.6 is 0 Å². The lowest BCUT2D eigenvalue weighted by Gasteiger charge is -2.35. The number of benzene rings is 3. The first-order chi connectivity index (χ1) is 18.0. The number of para-hydroxylation sites is 1. The molecule has 4 rings (SSSR count). The van der Waals surface area contributed by atoms with Gasteiger partial charge in [0, 0.05) is 31.0 Å². The van der Waals surface area contributed by atoms with E-state index in [1.165, 1.54) is 5.56 Å². The summed E-state index contributed by atoms with van der Waals surface area (Å²) in [5.41, 5.74) is 3.46. The van der Waals surface area contributed by atoms with Gasteiger partial charge in [-0.25, -0.2) is 0 Å². The minimum Gasteiger partial charge on any atom is -0.484 e. The van der Waals surface area contributed by atoms with Crippen molar-refractivity contribution in [3.05, 3.63) is 90.0 Å². The molecule has 1 saturated heterocycles. The maximum Gasteiger partial charge on any atom is 0.262 e. The first-order valence-corrected chi connectivity index (χ1v) is 13.2. The molecule has 0 aromatic heterocycles. The predicted molar refractivity (Wildman–Crippen MR) is 149 cm³/mol. The van der Waals surface area contributed by atoms with Crippen molar-refractivity contribution in [2.45, 2.75) is 33.1 Å². The van der Waals surface area contributed by atoms with Crippen LogP contribution in [0.15, 0.2) is 78.9 Å². The van der Waals surface area contributed by atoms with Crippen LogP contribution in [0, 0.1) is 11.8 Å². The lowest BCUT2D eigenvalue weighted by Crippen LogP contribution is -2.36. The molecule has 3 aromatic rings. The van der Waals surface area contributed by atoms with E-state index in [1.54, 1.807) is 6.07 Å². The van der Waals surface area contributed by atoms with Crippen LogP contribution < -0.4 is 20.3 Å². The van der Waals surface area contributed by atoms with E-state index < -0.39 is 0 Å². The van der Waals surface area contributed by atoms with Crippen LogP contribution in [0.4, 0.5) is 11.4 Å². The van der Waals surface area contributed by atoms with Crippen molar-refractivity contribution in [1.82, 2.24) is 5.32 Å². The van der Waals surface area contributed by atoms with Crippen LogP contribution in [0.1, 0.15) is 42.6 Å². The topological polar surface area (TPSA) is 70.7 Å². The molecule has 194 valence electrons. The fourth-order valence-corrected chi connectivity index (χ4v) is 4.65. The fraction of sp³-hybridized carbons (Fsp3) is 0.355. The van der Waals surface area contributed by atoms with E-state index in [0.29, 0.717) is 35.4 Å². The number of nitrogens with one attached hydrogen (secondary N) is 2. The van der Waals surface area contributed by atoms with Gasteiger partial charge in [-0.1, -0.05) is 62.4 Å². The Morgan fingerprint density at radius 1 is 0.946 bits per heavy atom. The summed E-state index contributed by atoms with van der Waals surface area (Å²) in [6.07, 6.45) is 3.25. The second-order valence-corrected chi connectivity index (χ2v) is 10.1. The van der Waals surface area contributed by atoms with Gasteiger partial charge in [-0.05, 0) is 67.0 Å². The van der Waals surface area contributed by atoms with E-state index in [-0.39, 0.29) is 18.4 Å². The van der Waals surface area contributed by atoms with E-state index in [0.717, 1.165) is 38.0 Å². The predicted octanol–water partition coefficient (Wildman–Crippen LogP) is 5.55. The monoisotopic (exact) mass is 499 g/mol. The normalized spacial score (nSPS) is 13.9. The number of hydrogen-bond donors (Lipinski definition) is 2. The van der Waals surface area contributed by atoms with Gasteiger partial charge in [0.1, 0.15) is 5.75 Å². The number of hydrogen-bond acceptors (Lipinski definition) is 4. The summed E-state index contributed by atoms with van der Waals surface area (Å²) < 4.78 is 5.55. The highest BCUT2D eigenvalue weighted by atomic mass is 16.5. The van der Waals surface area contributed by atoms with Gasteiger partial charge in [0.2, 0.25) is 0 Å². The van der Waals surface area contributed by atoms with E-state index >= 15 is 0 Å². The zero-order valence-electron chi connectivity index (χ0n) is 21.8. The number of carbonyl (C=O) groups excluding carboxylic acids is 2. The highest BCUT2D eigenvalue weighted by molar-refractivity contribution is 6.02. The second kappa shape index (κ2) is 12.9. The summed E-state index contributed by atoms with van der Waals surface area (Å²) in [5, 5.41) is 5.92. The second-order valence-electron chi connectivity index (χ2n) is 10.1. The molecule has 1 fully saturated rings. The molecule has 0 aliphatic carbocycles. The van der Waals surface area contributed by atoms with Gasteiger partial charge in [0.15, 0.2) is 6.61 Å². The van der Waals surface area contributed by atoms with Crippen molar-refractivity contribution in [3.8, 4) is 5.75 Å². The van der Waals surface area contributed by atoms with Crippen LogP contribution in [0.3, 0.4) is 0 Å². The van der Waals surface area contributed by atoms with E-state index in [9.17, 15) is 9.59 Å². The summed E-state index contributed by atoms with van der Waals surface area (Å²) >= 11 is 0. The molecule has 2 amide bonds. The third-order valence-corrected chi connectivity index (χ3v) is 6.63. The Balaban J connectivity index is 1.43. The fourth-order valence-electron chi connectivity index (χ4n) is 4.65. The van der Waals surface area contributed by atoms with Gasteiger partial charge >= 0.3 is 0 Å². The lowest BCUT2D eigenvalue weighted by molar-refractivity contribution is -0.118. The number of ether oxygens (including phenoxy) is 1. The number of anilines is 2. The average Bonchev–Trinajstić information content (AvgIpc) is 2.92. The minimum atomic E-state index is -0.271. The first-order valence-electron chi connectivity index (χ1n) is 13.2. The zero-order chi connectivity index (χ0) is 26.0. The smallest absolute Gasteiger partial charge is 0.262 e. The summed E-state index contributed by atoms with van der Waals surface area (Å²) in [4.78, 5) is 28.0. The molecule has 0 radical (unpaired) electrons. The quantitative estimate of drug-likeness (QED) is 0.384. The van der Waals surface area contributed by atoms with Crippen molar-refractivity contribution < 1.29 is 14.3 Å². The number of amides is 2. The largest absolute Gasteiger partial charge is 0.484 e. The molecule has 3 aromatic carbocycles. The minimum absolute atomic E-state index is 0.102. The van der Waals surface area contributed by atoms with Gasteiger partial charge in [0.25, 0.3) is 11.8 Å². The third kappa shape index (κ3) is 7.84. The molecule has 0 spiro atoms. The SMILES string of the molecule is CC(C)CNC(=O)c1cc(NC(=O)COc2ccccc2)ccc1N1CCC(Cc2ccccc2)CC1. The van der Waals surface area contributed by atoms with E-state index in [4.69, 9.17) is 4.74 Å². The summed E-state index contributed by atoms with van der Waals surface area (Å²) in [7, 11) is 0. The maximum absolute atomic E-state index is 13.2. The highest BCUT2D eigenvalue weighted by Gasteiger charge is 2.24. The molecule has 0 saturated carbocycles. The molecule has 0 unspecified atom stereocenters. The highest BCUT2D eigenvalue weighted by Crippen LogP contribution is 2.30. The van der Waals surface area contributed by atoms with Crippen molar-refractivity contribution in [3.63, 3.8) is 0 Å². The molecule has 1 aliphatic heterocycles. The van der Waals surface area contributed by atoms with Gasteiger partial charge in [-0.3, -0.25) is 9.59 Å². The molecule has 1 aliphatic rings. The van der Waals surface area contributed by atoms with Crippen molar-refractivity contribution in [1.29, 1.82) is 0 Å². The van der Waals surface area contributed by atoms with Crippen LogP contribution in [0.2, 0.25) is 0 Å². The Morgan fingerprint density at radius 3 is 2.30 bits per heavy atom. The van der Waals surface area contributed by atoms with Gasteiger partial charge in [-0.15, -0.1) is 0 Å². The number of nitrogens with zero attached hydrogens (tertiary/aromatic N) is 1. The standard InChI is InChI=1S/C31H37N3O3/c1-23(2)21-32-31(36)28-20-26(33-30(35)22-37-27-11-7-4-8-12-27)13-14-29(28)34-17-15-25(16-18-34)19-24-9-5-3-6-10-24/h3-14,20,23,25H,15-19,21-22H2,1-2H3,(H,32,36)(H,33,35). The average molecular weight is 500 g/mol.